The number of nitrogens with two attached hydrogens (primary N) is 1. The first kappa shape index (κ1) is 64.6. The van der Waals surface area contributed by atoms with Gasteiger partial charge in [0.25, 0.3) is 5.91 Å². The molecule has 87 heavy (non-hydrogen) atoms. The van der Waals surface area contributed by atoms with Crippen LogP contribution in [0.15, 0.2) is 191 Å². The second kappa shape index (κ2) is 27.6. The summed E-state index contributed by atoms with van der Waals surface area (Å²) in [6.45, 7) is 24.8. The monoisotopic (exact) mass is 1290 g/mol. The van der Waals surface area contributed by atoms with Crippen LogP contribution in [0.5, 0.6) is 0 Å². The highest BCUT2D eigenvalue weighted by Crippen LogP contribution is 2.33. The van der Waals surface area contributed by atoms with Crippen LogP contribution in [-0.4, -0.2) is 49.3 Å². The van der Waals surface area contributed by atoms with E-state index in [2.05, 4.69) is 103 Å². The maximum atomic E-state index is 13.2. The molecule has 0 aliphatic heterocycles. The lowest BCUT2D eigenvalue weighted by Crippen LogP contribution is -2.26. The van der Waals surface area contributed by atoms with Crippen LogP contribution in [-0.2, 0) is 22.6 Å². The number of benzene rings is 8. The fourth-order valence-corrected chi connectivity index (χ4v) is 10.8. The van der Waals surface area contributed by atoms with Gasteiger partial charge in [0, 0.05) is 66.8 Å². The zero-order valence-corrected chi connectivity index (χ0v) is 54.7. The number of rotatable bonds is 13. The molecule has 0 fully saturated rings. The molecule has 1 amide bonds. The number of nitrogens with zero attached hydrogens (tertiary/aromatic N) is 2. The van der Waals surface area contributed by atoms with Crippen molar-refractivity contribution in [2.45, 2.75) is 119 Å². The Hall–Kier alpha value is -8.36. The number of hydrogen-bond acceptors (Lipinski definition) is 7. The SMILES string of the molecule is C[C@@H](N)c1ccc(Br)cc1.Cc1c(C)n(Cc2ccc(-c3ccccc3C(=O)OC(C)(C)C)cc2)c2ccc(C(=O)N[C@H](C)c3ccc(Br)cc3)cc12.Cc1c(C)n(Cc2ccc(-c3ccccc3C(=O)OC(C)(C)C)cc2)c2ccc(C(=O)O)cc12. The Morgan fingerprint density at radius 3 is 1.29 bits per heavy atom. The van der Waals surface area contributed by atoms with E-state index in [9.17, 15) is 24.3 Å². The van der Waals surface area contributed by atoms with Crippen LogP contribution in [0.25, 0.3) is 44.1 Å². The van der Waals surface area contributed by atoms with Gasteiger partial charge in [-0.25, -0.2) is 14.4 Å². The van der Waals surface area contributed by atoms with Gasteiger partial charge in [0.1, 0.15) is 11.2 Å². The first-order valence-electron chi connectivity index (χ1n) is 29.0. The fourth-order valence-electron chi connectivity index (χ4n) is 10.3. The van der Waals surface area contributed by atoms with Gasteiger partial charge in [0.2, 0.25) is 0 Å². The van der Waals surface area contributed by atoms with Gasteiger partial charge in [-0.2, -0.15) is 0 Å². The van der Waals surface area contributed by atoms with Gasteiger partial charge in [-0.1, -0.05) is 141 Å². The molecule has 0 spiro atoms. The van der Waals surface area contributed by atoms with E-state index < -0.39 is 17.2 Å². The average Bonchev–Trinajstić information content (AvgIpc) is 2.11. The number of carboxylic acid groups (broad SMARTS) is 1. The summed E-state index contributed by atoms with van der Waals surface area (Å²) in [5.41, 5.74) is 21.2. The standard InChI is InChI=1S/C37H37BrN2O3.C29H29NO4.C8H10BrN/c1-23-25(3)40(34-20-17-29(21-33(23)34)35(41)39-24(2)27-15-18-30(38)19-16-27)22-26-11-13-28(14-12-26)31-9-7-8-10-32(31)36(42)43-37(4,5)6;1-18-19(2)30(26-15-14-22(27(31)32)16-25(18)26)17-20-10-12-21(13-11-20)23-8-6-7-9-24(23)28(33)34-29(3,4)5;1-6(10)7-2-4-8(9)5-3-7/h7-21,24H,22H2,1-6H3,(H,39,41);6-16H,17H2,1-5H3,(H,31,32);2-6H,10H2,1H3/t24-;;6-/m1.1/s1. The van der Waals surface area contributed by atoms with Crippen molar-refractivity contribution in [3.8, 4) is 22.3 Å². The summed E-state index contributed by atoms with van der Waals surface area (Å²) >= 11 is 6.82. The molecule has 4 N–H and O–H groups in total. The van der Waals surface area contributed by atoms with Crippen LogP contribution in [0.3, 0.4) is 0 Å². The summed E-state index contributed by atoms with van der Waals surface area (Å²) in [5, 5.41) is 14.5. The Labute approximate surface area is 527 Å². The maximum absolute atomic E-state index is 13.2. The number of hydrogen-bond donors (Lipinski definition) is 3. The van der Waals surface area contributed by atoms with E-state index in [1.165, 1.54) is 5.56 Å². The summed E-state index contributed by atoms with van der Waals surface area (Å²) in [6.07, 6.45) is 0. The van der Waals surface area contributed by atoms with E-state index in [1.807, 2.05) is 190 Å². The van der Waals surface area contributed by atoms with Crippen molar-refractivity contribution in [2.24, 2.45) is 5.73 Å². The highest BCUT2D eigenvalue weighted by Gasteiger charge is 2.23. The molecule has 0 aliphatic rings. The van der Waals surface area contributed by atoms with Gasteiger partial charge >= 0.3 is 17.9 Å². The van der Waals surface area contributed by atoms with Crippen LogP contribution in [0.2, 0.25) is 0 Å². The molecule has 0 saturated carbocycles. The van der Waals surface area contributed by atoms with E-state index >= 15 is 0 Å². The van der Waals surface area contributed by atoms with Crippen molar-refractivity contribution >= 4 is 77.5 Å². The van der Waals surface area contributed by atoms with Gasteiger partial charge < -0.3 is 34.8 Å². The lowest BCUT2D eigenvalue weighted by Gasteiger charge is -2.20. The number of halogens is 2. The lowest BCUT2D eigenvalue weighted by atomic mass is 9.98. The van der Waals surface area contributed by atoms with Crippen molar-refractivity contribution in [3.05, 3.63) is 258 Å². The minimum atomic E-state index is -0.922. The molecule has 2 aromatic heterocycles. The van der Waals surface area contributed by atoms with Crippen LogP contribution >= 0.6 is 31.9 Å². The summed E-state index contributed by atoms with van der Waals surface area (Å²) in [6, 6.07) is 58.8. The normalized spacial score (nSPS) is 12.1. The molecule has 2 heterocycles. The first-order chi connectivity index (χ1) is 41.2. The maximum Gasteiger partial charge on any atom is 0.339 e. The van der Waals surface area contributed by atoms with Gasteiger partial charge in [0.15, 0.2) is 0 Å². The number of fused-ring (bicyclic) bond motifs is 2. The van der Waals surface area contributed by atoms with Crippen molar-refractivity contribution < 1.29 is 33.8 Å². The van der Waals surface area contributed by atoms with Gasteiger partial charge in [-0.05, 0) is 212 Å². The number of aromatic nitrogens is 2. The summed E-state index contributed by atoms with van der Waals surface area (Å²) in [7, 11) is 0. The van der Waals surface area contributed by atoms with Crippen LogP contribution in [0.1, 0.15) is 154 Å². The molecule has 13 heteroatoms. The molecule has 0 radical (unpaired) electrons. The quantitative estimate of drug-likeness (QED) is 0.0964. The first-order valence-corrected chi connectivity index (χ1v) is 30.6. The number of aryl methyl sites for hydroxylation is 2. The lowest BCUT2D eigenvalue weighted by molar-refractivity contribution is 0.00578. The van der Waals surface area contributed by atoms with E-state index in [0.29, 0.717) is 35.3 Å². The third-order valence-corrected chi connectivity index (χ3v) is 16.3. The number of amides is 1. The number of carbonyl (C=O) groups excluding carboxylic acids is 3. The molecular formula is C74H76Br2N4O7. The third kappa shape index (κ3) is 16.2. The van der Waals surface area contributed by atoms with Crippen LogP contribution < -0.4 is 11.1 Å². The Balaban J connectivity index is 0.000000198. The smallest absolute Gasteiger partial charge is 0.339 e. The molecule has 448 valence electrons. The van der Waals surface area contributed by atoms with E-state index in [-0.39, 0.29) is 29.9 Å². The molecule has 2 atom stereocenters. The topological polar surface area (TPSA) is 155 Å². The van der Waals surface area contributed by atoms with Crippen molar-refractivity contribution in [1.82, 2.24) is 14.5 Å². The van der Waals surface area contributed by atoms with Gasteiger partial charge in [-0.3, -0.25) is 4.79 Å². The Kier molecular flexibility index (Phi) is 20.5. The number of nitrogens with one attached hydrogen (secondary N) is 1. The van der Waals surface area contributed by atoms with Crippen LogP contribution in [0.4, 0.5) is 0 Å². The van der Waals surface area contributed by atoms with Gasteiger partial charge in [0.05, 0.1) is 22.7 Å². The fraction of sp³-hybridized carbons (Fsp3) is 0.243. The van der Waals surface area contributed by atoms with Crippen molar-refractivity contribution in [3.63, 3.8) is 0 Å². The largest absolute Gasteiger partial charge is 0.478 e. The highest BCUT2D eigenvalue weighted by molar-refractivity contribution is 9.10. The predicted molar refractivity (Wildman–Crippen MR) is 359 cm³/mol. The van der Waals surface area contributed by atoms with Crippen molar-refractivity contribution in [2.75, 3.05) is 0 Å². The van der Waals surface area contributed by atoms with Crippen LogP contribution in [0, 0.1) is 27.7 Å². The average molecular weight is 1290 g/mol. The molecule has 11 nitrogen and oxygen atoms in total. The molecule has 0 saturated heterocycles. The number of carboxylic acids is 1. The Bertz CT molecular complexity index is 4110. The highest BCUT2D eigenvalue weighted by atomic mass is 79.9. The summed E-state index contributed by atoms with van der Waals surface area (Å²) in [4.78, 5) is 50.1. The Morgan fingerprint density at radius 2 is 0.897 bits per heavy atom. The van der Waals surface area contributed by atoms with E-state index in [0.717, 1.165) is 92.2 Å². The zero-order chi connectivity index (χ0) is 63.1. The summed E-state index contributed by atoms with van der Waals surface area (Å²) < 4.78 is 17.8. The molecular weight excluding hydrogens is 1220 g/mol. The molecule has 0 aliphatic carbocycles. The number of esters is 2. The molecule has 0 unspecified atom stereocenters. The second-order valence-electron chi connectivity index (χ2n) is 23.9. The Morgan fingerprint density at radius 1 is 0.517 bits per heavy atom. The summed E-state index contributed by atoms with van der Waals surface area (Å²) in [5.74, 6) is -1.68. The number of carbonyl (C=O) groups is 4. The number of aromatic carboxylic acids is 1. The number of ether oxygens (including phenoxy) is 2. The molecule has 8 aromatic carbocycles. The molecule has 10 aromatic rings. The van der Waals surface area contributed by atoms with Gasteiger partial charge in [-0.15, -0.1) is 0 Å². The third-order valence-electron chi connectivity index (χ3n) is 15.2. The minimum Gasteiger partial charge on any atom is -0.478 e. The molecule has 0 bridgehead atoms. The van der Waals surface area contributed by atoms with Crippen molar-refractivity contribution in [1.29, 1.82) is 0 Å². The zero-order valence-electron chi connectivity index (χ0n) is 51.5. The minimum absolute atomic E-state index is 0.0932. The predicted octanol–water partition coefficient (Wildman–Crippen LogP) is 18.3. The van der Waals surface area contributed by atoms with E-state index in [1.54, 1.807) is 18.2 Å². The van der Waals surface area contributed by atoms with E-state index in [4.69, 9.17) is 15.2 Å². The second-order valence-corrected chi connectivity index (χ2v) is 25.8. The molecule has 10 rings (SSSR count).